The molecule has 2 aromatic rings. The van der Waals surface area contributed by atoms with Crippen molar-refractivity contribution in [2.45, 2.75) is 6.92 Å². The summed E-state index contributed by atoms with van der Waals surface area (Å²) >= 11 is 0. The molecule has 6 heteroatoms. The Bertz CT molecular complexity index is 521. The van der Waals surface area contributed by atoms with Crippen molar-refractivity contribution in [1.82, 2.24) is 20.2 Å². The zero-order valence-electron chi connectivity index (χ0n) is 10.8. The van der Waals surface area contributed by atoms with E-state index in [1.807, 2.05) is 19.1 Å². The maximum absolute atomic E-state index is 4.19. The minimum atomic E-state index is 0.616. The SMILES string of the molecule is Cc1ccc(N2CC(CNc3cnccn3)C2)nn1. The quantitative estimate of drug-likeness (QED) is 0.884. The second-order valence-corrected chi connectivity index (χ2v) is 4.78. The van der Waals surface area contributed by atoms with Crippen molar-refractivity contribution in [2.75, 3.05) is 29.9 Å². The maximum atomic E-state index is 4.19. The van der Waals surface area contributed by atoms with Gasteiger partial charge in [0.1, 0.15) is 5.82 Å². The van der Waals surface area contributed by atoms with Gasteiger partial charge in [-0.2, -0.15) is 5.10 Å². The van der Waals surface area contributed by atoms with Crippen LogP contribution in [-0.4, -0.2) is 39.8 Å². The first kappa shape index (κ1) is 11.8. The molecule has 1 N–H and O–H groups in total. The average Bonchev–Trinajstić information content (AvgIpc) is 2.40. The molecule has 1 saturated heterocycles. The van der Waals surface area contributed by atoms with Crippen LogP contribution in [0.1, 0.15) is 5.69 Å². The molecule has 3 heterocycles. The number of anilines is 2. The van der Waals surface area contributed by atoms with E-state index in [1.165, 1.54) is 0 Å². The number of rotatable bonds is 4. The molecule has 98 valence electrons. The molecule has 0 amide bonds. The zero-order valence-corrected chi connectivity index (χ0v) is 10.8. The van der Waals surface area contributed by atoms with E-state index in [9.17, 15) is 0 Å². The lowest BCUT2D eigenvalue weighted by Crippen LogP contribution is -2.50. The molecule has 1 fully saturated rings. The molecule has 0 aliphatic carbocycles. The molecule has 1 aliphatic heterocycles. The summed E-state index contributed by atoms with van der Waals surface area (Å²) < 4.78 is 0. The van der Waals surface area contributed by atoms with Crippen molar-refractivity contribution >= 4 is 11.6 Å². The highest BCUT2D eigenvalue weighted by Gasteiger charge is 2.27. The lowest BCUT2D eigenvalue weighted by atomic mass is 10.0. The van der Waals surface area contributed by atoms with Gasteiger partial charge in [-0.1, -0.05) is 0 Å². The molecular formula is C13H16N6. The Hall–Kier alpha value is -2.24. The molecule has 0 bridgehead atoms. The number of hydrogen-bond donors (Lipinski definition) is 1. The number of aromatic nitrogens is 4. The van der Waals surface area contributed by atoms with Crippen molar-refractivity contribution in [2.24, 2.45) is 5.92 Å². The first-order valence-corrected chi connectivity index (χ1v) is 6.36. The van der Waals surface area contributed by atoms with Crippen LogP contribution in [0.3, 0.4) is 0 Å². The first-order chi connectivity index (χ1) is 9.31. The summed E-state index contributed by atoms with van der Waals surface area (Å²) in [7, 11) is 0. The van der Waals surface area contributed by atoms with Gasteiger partial charge in [0.25, 0.3) is 0 Å². The normalized spacial score (nSPS) is 15.1. The van der Waals surface area contributed by atoms with Gasteiger partial charge in [-0.25, -0.2) is 4.98 Å². The third-order valence-electron chi connectivity index (χ3n) is 3.20. The molecule has 6 nitrogen and oxygen atoms in total. The summed E-state index contributed by atoms with van der Waals surface area (Å²) in [6.45, 7) is 4.87. The zero-order chi connectivity index (χ0) is 13.1. The number of nitrogens with zero attached hydrogens (tertiary/aromatic N) is 5. The highest BCUT2D eigenvalue weighted by atomic mass is 15.3. The fourth-order valence-corrected chi connectivity index (χ4v) is 2.09. The smallest absolute Gasteiger partial charge is 0.151 e. The van der Waals surface area contributed by atoms with Gasteiger partial charge in [-0.15, -0.1) is 5.10 Å². The van der Waals surface area contributed by atoms with Crippen molar-refractivity contribution < 1.29 is 0 Å². The van der Waals surface area contributed by atoms with E-state index in [0.717, 1.165) is 37.0 Å². The second-order valence-electron chi connectivity index (χ2n) is 4.78. The lowest BCUT2D eigenvalue weighted by molar-refractivity contribution is 0.425. The van der Waals surface area contributed by atoms with E-state index < -0.39 is 0 Å². The lowest BCUT2D eigenvalue weighted by Gasteiger charge is -2.39. The minimum absolute atomic E-state index is 0.616. The highest BCUT2D eigenvalue weighted by molar-refractivity contribution is 5.41. The third kappa shape index (κ3) is 2.78. The first-order valence-electron chi connectivity index (χ1n) is 6.36. The monoisotopic (exact) mass is 256 g/mol. The van der Waals surface area contributed by atoms with E-state index in [-0.39, 0.29) is 0 Å². The van der Waals surface area contributed by atoms with Crippen LogP contribution in [0.15, 0.2) is 30.7 Å². The molecular weight excluding hydrogens is 240 g/mol. The molecule has 0 spiro atoms. The van der Waals surface area contributed by atoms with Crippen LogP contribution in [0, 0.1) is 12.8 Å². The van der Waals surface area contributed by atoms with Crippen LogP contribution in [0.2, 0.25) is 0 Å². The molecule has 0 saturated carbocycles. The van der Waals surface area contributed by atoms with Crippen LogP contribution in [0.5, 0.6) is 0 Å². The van der Waals surface area contributed by atoms with Crippen molar-refractivity contribution in [3.8, 4) is 0 Å². The van der Waals surface area contributed by atoms with Gasteiger partial charge in [0.2, 0.25) is 0 Å². The summed E-state index contributed by atoms with van der Waals surface area (Å²) in [6, 6.07) is 4.02. The third-order valence-corrected chi connectivity index (χ3v) is 3.20. The molecule has 19 heavy (non-hydrogen) atoms. The van der Waals surface area contributed by atoms with Gasteiger partial charge in [0.15, 0.2) is 5.82 Å². The molecule has 3 rings (SSSR count). The van der Waals surface area contributed by atoms with E-state index in [0.29, 0.717) is 5.92 Å². The summed E-state index contributed by atoms with van der Waals surface area (Å²) in [5, 5.41) is 11.6. The van der Waals surface area contributed by atoms with Crippen LogP contribution in [0.25, 0.3) is 0 Å². The van der Waals surface area contributed by atoms with Crippen LogP contribution < -0.4 is 10.2 Å². The predicted octanol–water partition coefficient (Wildman–Crippen LogP) is 1.12. The standard InChI is InChI=1S/C13H16N6/c1-10-2-3-13(18-17-10)19-8-11(9-19)6-16-12-7-14-4-5-15-12/h2-5,7,11H,6,8-9H2,1H3,(H,15,16). The van der Waals surface area contributed by atoms with Gasteiger partial charge >= 0.3 is 0 Å². The van der Waals surface area contributed by atoms with E-state index in [1.54, 1.807) is 18.6 Å². The Morgan fingerprint density at radius 1 is 1.26 bits per heavy atom. The number of aryl methyl sites for hydroxylation is 1. The summed E-state index contributed by atoms with van der Waals surface area (Å²) in [5.74, 6) is 2.41. The van der Waals surface area contributed by atoms with Gasteiger partial charge in [0, 0.05) is 37.9 Å². The molecule has 0 radical (unpaired) electrons. The summed E-state index contributed by atoms with van der Waals surface area (Å²) in [6.07, 6.45) is 5.10. The highest BCUT2D eigenvalue weighted by Crippen LogP contribution is 2.22. The van der Waals surface area contributed by atoms with E-state index in [4.69, 9.17) is 0 Å². The van der Waals surface area contributed by atoms with E-state index >= 15 is 0 Å². The summed E-state index contributed by atoms with van der Waals surface area (Å²) in [4.78, 5) is 10.4. The Balaban J connectivity index is 1.47. The Kier molecular flexibility index (Phi) is 3.22. The summed E-state index contributed by atoms with van der Waals surface area (Å²) in [5.41, 5.74) is 0.949. The maximum Gasteiger partial charge on any atom is 0.151 e. The molecule has 0 aromatic carbocycles. The van der Waals surface area contributed by atoms with Gasteiger partial charge in [-0.05, 0) is 19.1 Å². The minimum Gasteiger partial charge on any atom is -0.368 e. The molecule has 2 aromatic heterocycles. The Labute approximate surface area is 111 Å². The average molecular weight is 256 g/mol. The largest absolute Gasteiger partial charge is 0.368 e. The Morgan fingerprint density at radius 2 is 2.16 bits per heavy atom. The fraction of sp³-hybridized carbons (Fsp3) is 0.385. The molecule has 1 aliphatic rings. The van der Waals surface area contributed by atoms with E-state index in [2.05, 4.69) is 30.4 Å². The van der Waals surface area contributed by atoms with Crippen molar-refractivity contribution in [1.29, 1.82) is 0 Å². The fourth-order valence-electron chi connectivity index (χ4n) is 2.09. The van der Waals surface area contributed by atoms with Gasteiger partial charge in [-0.3, -0.25) is 4.98 Å². The predicted molar refractivity (Wildman–Crippen MR) is 73.0 cm³/mol. The van der Waals surface area contributed by atoms with Crippen molar-refractivity contribution in [3.05, 3.63) is 36.4 Å². The Morgan fingerprint density at radius 3 is 2.84 bits per heavy atom. The van der Waals surface area contributed by atoms with Crippen LogP contribution >= 0.6 is 0 Å². The van der Waals surface area contributed by atoms with Crippen LogP contribution in [0.4, 0.5) is 11.6 Å². The topological polar surface area (TPSA) is 66.8 Å². The number of nitrogens with one attached hydrogen (secondary N) is 1. The van der Waals surface area contributed by atoms with Gasteiger partial charge < -0.3 is 10.2 Å². The number of hydrogen-bond acceptors (Lipinski definition) is 6. The molecule has 0 atom stereocenters. The van der Waals surface area contributed by atoms with Crippen LogP contribution in [-0.2, 0) is 0 Å². The van der Waals surface area contributed by atoms with Crippen molar-refractivity contribution in [3.63, 3.8) is 0 Å². The second kappa shape index (κ2) is 5.17. The molecule has 0 unspecified atom stereocenters. The van der Waals surface area contributed by atoms with Gasteiger partial charge in [0.05, 0.1) is 11.9 Å².